The summed E-state index contributed by atoms with van der Waals surface area (Å²) in [5, 5.41) is 22.6. The molecule has 0 fully saturated rings. The van der Waals surface area contributed by atoms with Gasteiger partial charge in [0.15, 0.2) is 5.71 Å². The van der Waals surface area contributed by atoms with Crippen LogP contribution in [0.5, 0.6) is 0 Å². The van der Waals surface area contributed by atoms with E-state index in [9.17, 15) is 48.5 Å². The summed E-state index contributed by atoms with van der Waals surface area (Å²) < 4.78 is 102. The Morgan fingerprint density at radius 1 is 0.600 bits per heavy atom. The van der Waals surface area contributed by atoms with Gasteiger partial charge in [-0.3, -0.25) is 24.4 Å². The molecule has 6 aliphatic heterocycles. The van der Waals surface area contributed by atoms with Gasteiger partial charge in [-0.2, -0.15) is 0 Å². The zero-order valence-corrected chi connectivity index (χ0v) is 78.3. The summed E-state index contributed by atoms with van der Waals surface area (Å²) >= 11 is 21.4. The van der Waals surface area contributed by atoms with Gasteiger partial charge < -0.3 is 53.9 Å². The molecule has 0 saturated heterocycles. The molecule has 0 unspecified atom stereocenters. The Labute approximate surface area is 736 Å². The number of para-hydroxylation sites is 2. The molecule has 10 rings (SSSR count). The van der Waals surface area contributed by atoms with E-state index in [4.69, 9.17) is 43.4 Å². The number of nitrogens with zero attached hydrogens (tertiary/aromatic N) is 9. The first-order chi connectivity index (χ1) is 52.8. The Kier molecular flexibility index (Phi) is 43.3. The van der Waals surface area contributed by atoms with E-state index in [1.165, 1.54) is 5.56 Å². The van der Waals surface area contributed by atoms with Crippen molar-refractivity contribution >= 4 is 172 Å². The molecule has 0 atom stereocenters. The van der Waals surface area contributed by atoms with E-state index in [-0.39, 0.29) is 69.0 Å². The van der Waals surface area contributed by atoms with Gasteiger partial charge in [-0.05, 0) is 200 Å². The standard InChI is InChI=1S/C41H54ClN5O8S2.C25H28ClN3O2.C14H20N2O3S.CH4.CH3.ClH.3HI.V/c1-40(2)32-14-12-24-46(22-8-10-26-56(50,51)52)38(32)43-34(40)19-17-30-28-45(21-7-5-6-16-36(48)49)29-31(37(30)42)18-20-35-41(3,4)33-15-13-25-47(39(33)44-35)23-9-11-27-57(53,54)55;26-25-20(16-27-22-10-4-1-5-11-22)18-29(15-9-3-8-14-24(30)31)19-21(25)17-28-23-12-6-2-7-13-23;1-11-14(2,3)12-7-6-9-16(13(12)15-11)8-4-5-10-20(17,18)19;;;;;;;/h12-15,17-20,24-25H,5-11,16,21-23,26-29H2,1-4H3,(H2-,48,49,50,51,52,53,54,55);1-2,4-7,10-13,16-17,27H,3,8-9,14-15,18-19H2,(H,30,31);6-7,9H,4-5,8,10H2,1-3H3;1H4;1H3;4*1H;/q;;;;-1;;;;;+3/p-5/b;20-16+,28-17?;;;;;;;;. The molecule has 23 nitrogen and oxygen atoms in total. The molecule has 6 aliphatic rings. The average Bonchev–Trinajstić information content (AvgIpc) is 1.63. The first-order valence-electron chi connectivity index (χ1n) is 37.2. The van der Waals surface area contributed by atoms with Gasteiger partial charge in [0.05, 0.1) is 94.2 Å². The van der Waals surface area contributed by atoms with Gasteiger partial charge in [0.1, 0.15) is 11.5 Å². The van der Waals surface area contributed by atoms with Gasteiger partial charge in [-0.1, -0.05) is 112 Å². The molecule has 0 spiro atoms. The molecule has 2 aromatic carbocycles. The molecule has 33 heteroatoms. The van der Waals surface area contributed by atoms with Gasteiger partial charge in [0.25, 0.3) is 0 Å². The van der Waals surface area contributed by atoms with Crippen LogP contribution in [0.25, 0.3) is 0 Å². The number of carboxylic acids is 2. The summed E-state index contributed by atoms with van der Waals surface area (Å²) in [6, 6.07) is 27.8. The number of fused-ring (bicyclic) bond motifs is 3. The molecular weight excluding hydrogens is 1970 g/mol. The third-order valence-corrected chi connectivity index (χ3v) is 23.2. The SMILES string of the molecule is C.CC1(C)C2=CC=CN(CCCCS(=O)(=O)[O-])C2=N/C1=C/C=C1\CN(CCCCCC(=O)O)CC(/C=C/C2=Nc3c(ccc[n+]3CCCCS(=O)(=O)[O-])C2(C)C)=C1Cl.CC1=Nc2c(ccc[n+]2CCCCS(=O)(=O)[O-])C1(C)C.O=C(O)CCCCCN1CC(C=Nc2ccccc2)=C(Cl)/C(=C/Nc2ccccc2)C1.[CH3-].[Cl-].[I][V]([I])[I]. The fraction of sp³-hybridized carbons (Fsp3) is 0.451. The van der Waals surface area contributed by atoms with Crippen molar-refractivity contribution in [1.82, 2.24) is 14.7 Å². The number of aryl methyl sites for hydroxylation is 2. The Morgan fingerprint density at radius 3 is 1.61 bits per heavy atom. The van der Waals surface area contributed by atoms with E-state index >= 15 is 0 Å². The summed E-state index contributed by atoms with van der Waals surface area (Å²) in [5.41, 5.74) is 10.9. The number of carbonyl (C=O) groups is 2. The molecule has 0 saturated carbocycles. The van der Waals surface area contributed by atoms with Crippen molar-refractivity contribution in [2.75, 3.05) is 68.4 Å². The number of carboxylic acid groups (broad SMARTS) is 2. The minimum atomic E-state index is -4.26. The van der Waals surface area contributed by atoms with Crippen molar-refractivity contribution in [1.29, 1.82) is 0 Å². The van der Waals surface area contributed by atoms with E-state index in [0.29, 0.717) is 76.3 Å². The molecule has 4 aromatic rings. The number of amidine groups is 1. The fourth-order valence-electron chi connectivity index (χ4n) is 13.3. The Morgan fingerprint density at radius 2 is 1.08 bits per heavy atom. The number of hydrogen-bond acceptors (Lipinski definition) is 19. The molecule has 8 heterocycles. The van der Waals surface area contributed by atoms with Crippen LogP contribution in [-0.2, 0) is 68.8 Å². The summed E-state index contributed by atoms with van der Waals surface area (Å²) in [6.45, 7) is 20.8. The number of anilines is 1. The van der Waals surface area contributed by atoms with E-state index < -0.39 is 64.6 Å². The summed E-state index contributed by atoms with van der Waals surface area (Å²) in [7, 11) is -12.6. The number of unbranched alkanes of at least 4 members (excludes halogenated alkanes) is 7. The molecule has 115 heavy (non-hydrogen) atoms. The van der Waals surface area contributed by atoms with Crippen molar-refractivity contribution in [2.24, 2.45) is 25.4 Å². The van der Waals surface area contributed by atoms with Crippen molar-refractivity contribution < 1.29 is 85.2 Å². The summed E-state index contributed by atoms with van der Waals surface area (Å²) in [4.78, 5) is 47.4. The second-order valence-electron chi connectivity index (χ2n) is 29.5. The molecule has 632 valence electrons. The third kappa shape index (κ3) is 33.6. The number of nitrogens with one attached hydrogen (secondary N) is 1. The Balaban J connectivity index is 0.000000399. The van der Waals surface area contributed by atoms with Crippen LogP contribution in [0.3, 0.4) is 0 Å². The van der Waals surface area contributed by atoms with Crippen LogP contribution in [0.4, 0.5) is 23.0 Å². The number of pyridine rings is 2. The zero-order valence-electron chi connectivity index (χ0n) is 65.7. The molecule has 0 aliphatic carbocycles. The van der Waals surface area contributed by atoms with Gasteiger partial charge in [0.2, 0.25) is 0 Å². The summed E-state index contributed by atoms with van der Waals surface area (Å²) in [5.74, 6) is -0.0668. The Bertz CT molecular complexity index is 4730. The van der Waals surface area contributed by atoms with Crippen LogP contribution >= 0.6 is 83.1 Å². The second kappa shape index (κ2) is 48.6. The van der Waals surface area contributed by atoms with E-state index in [1.807, 2.05) is 167 Å². The molecular formula is C82H108Cl3I3N10O13S3V-3. The van der Waals surface area contributed by atoms with E-state index in [0.717, 1.165) is 136 Å². The predicted molar refractivity (Wildman–Crippen MR) is 480 cm³/mol. The van der Waals surface area contributed by atoms with E-state index in [2.05, 4.69) is 133 Å². The van der Waals surface area contributed by atoms with Gasteiger partial charge in [-0.15, -0.1) is 0 Å². The van der Waals surface area contributed by atoms with Crippen LogP contribution in [0.2, 0.25) is 0 Å². The zero-order chi connectivity index (χ0) is 82.0. The van der Waals surface area contributed by atoms with Gasteiger partial charge in [0, 0.05) is 114 Å². The number of aromatic nitrogens is 2. The maximum atomic E-state index is 11.1. The number of aliphatic imine (C=N–C) groups is 4. The molecule has 0 bridgehead atoms. The number of aliphatic carboxylic acids is 2. The van der Waals surface area contributed by atoms with Crippen LogP contribution in [-0.4, -0.2) is 162 Å². The van der Waals surface area contributed by atoms with Crippen LogP contribution in [0.15, 0.2) is 210 Å². The molecule has 0 radical (unpaired) electrons. The number of halogens is 6. The Hall–Kier alpha value is -4.83. The van der Waals surface area contributed by atoms with Crippen LogP contribution < -0.4 is 26.9 Å². The normalized spacial score (nSPS) is 17.9. The molecule has 2 aromatic heterocycles. The number of benzene rings is 2. The number of hydrogen-bond donors (Lipinski definition) is 3. The first kappa shape index (κ1) is 103. The van der Waals surface area contributed by atoms with Gasteiger partial charge in [-0.25, -0.2) is 39.4 Å². The topological polar surface area (TPSA) is 325 Å². The number of allylic oxidation sites excluding steroid dienone is 6. The van der Waals surface area contributed by atoms with Crippen LogP contribution in [0.1, 0.15) is 157 Å². The van der Waals surface area contributed by atoms with Crippen molar-refractivity contribution in [3.8, 4) is 0 Å². The maximum absolute atomic E-state index is 11.1. The van der Waals surface area contributed by atoms with E-state index in [1.54, 1.807) is 0 Å². The second-order valence-corrected chi connectivity index (χ2v) is 70.2. The average molecular weight is 2080 g/mol. The van der Waals surface area contributed by atoms with Crippen molar-refractivity contribution in [3.05, 3.63) is 208 Å². The quantitative estimate of drug-likeness (QED) is 0.00977. The van der Waals surface area contributed by atoms with Gasteiger partial charge >= 0.3 is 88.4 Å². The fourth-order valence-corrected chi connectivity index (χ4v) is 15.4. The predicted octanol–water partition coefficient (Wildman–Crippen LogP) is 14.3. The van der Waals surface area contributed by atoms with Crippen molar-refractivity contribution in [3.63, 3.8) is 0 Å². The molecule has 0 amide bonds. The van der Waals surface area contributed by atoms with Crippen LogP contribution in [0, 0.1) is 12.8 Å². The first-order valence-corrected chi connectivity index (χ1v) is 56.2. The van der Waals surface area contributed by atoms with Crippen molar-refractivity contribution in [2.45, 2.75) is 170 Å². The number of rotatable bonds is 34. The third-order valence-electron chi connectivity index (χ3n) is 19.8. The summed E-state index contributed by atoms with van der Waals surface area (Å²) in [6.07, 6.45) is 29.5. The molecule has 3 N–H and O–H groups in total. The monoisotopic (exact) mass is 2070 g/mol. The minimum absolute atomic E-state index is 0.